The molecule has 0 aliphatic carbocycles. The first-order valence-corrected chi connectivity index (χ1v) is 7.59. The van der Waals surface area contributed by atoms with E-state index in [1.807, 2.05) is 19.9 Å². The van der Waals surface area contributed by atoms with Crippen LogP contribution in [0.1, 0.15) is 36.9 Å². The Morgan fingerprint density at radius 3 is 2.37 bits per heavy atom. The molecule has 19 heavy (non-hydrogen) atoms. The molecular formula is C13H16Br2F3N. The lowest BCUT2D eigenvalue weighted by Gasteiger charge is -2.22. The van der Waals surface area contributed by atoms with Crippen LogP contribution < -0.4 is 5.32 Å². The van der Waals surface area contributed by atoms with E-state index in [1.165, 1.54) is 0 Å². The average molecular weight is 403 g/mol. The van der Waals surface area contributed by atoms with Crippen molar-refractivity contribution in [3.8, 4) is 0 Å². The Balaban J connectivity index is 3.06. The van der Waals surface area contributed by atoms with Crippen LogP contribution in [0.2, 0.25) is 0 Å². The van der Waals surface area contributed by atoms with Crippen LogP contribution in [0.5, 0.6) is 0 Å². The molecule has 0 heterocycles. The molecule has 0 bridgehead atoms. The summed E-state index contributed by atoms with van der Waals surface area (Å²) in [5.41, 5.74) is 1.61. The zero-order valence-electron chi connectivity index (χ0n) is 10.7. The zero-order chi connectivity index (χ0) is 14.6. The van der Waals surface area contributed by atoms with Crippen LogP contribution in [-0.2, 0) is 0 Å². The summed E-state index contributed by atoms with van der Waals surface area (Å²) in [6, 6.07) is 2.85. The van der Waals surface area contributed by atoms with Gasteiger partial charge in [0.25, 0.3) is 0 Å². The summed E-state index contributed by atoms with van der Waals surface area (Å²) in [6.07, 6.45) is -4.28. The molecule has 1 unspecified atom stereocenters. The lowest BCUT2D eigenvalue weighted by atomic mass is 10.0. The number of halogens is 5. The number of aryl methyl sites for hydroxylation is 1. The van der Waals surface area contributed by atoms with E-state index in [1.54, 1.807) is 6.07 Å². The molecule has 0 radical (unpaired) electrons. The van der Waals surface area contributed by atoms with Crippen molar-refractivity contribution in [3.05, 3.63) is 32.2 Å². The van der Waals surface area contributed by atoms with Gasteiger partial charge in [0.05, 0.1) is 6.42 Å². The van der Waals surface area contributed by atoms with Gasteiger partial charge in [-0.25, -0.2) is 0 Å². The molecule has 0 spiro atoms. The highest BCUT2D eigenvalue weighted by Gasteiger charge is 2.33. The van der Waals surface area contributed by atoms with Crippen LogP contribution in [0.15, 0.2) is 21.1 Å². The molecule has 0 aliphatic heterocycles. The summed E-state index contributed by atoms with van der Waals surface area (Å²) in [5, 5.41) is 2.96. The lowest BCUT2D eigenvalue weighted by Crippen LogP contribution is -2.27. The maximum Gasteiger partial charge on any atom is 0.390 e. The topological polar surface area (TPSA) is 12.0 Å². The maximum absolute atomic E-state index is 12.7. The molecule has 0 amide bonds. The summed E-state index contributed by atoms with van der Waals surface area (Å²) >= 11 is 6.72. The van der Waals surface area contributed by atoms with Crippen molar-refractivity contribution in [2.24, 2.45) is 0 Å². The first-order valence-electron chi connectivity index (χ1n) is 6.00. The van der Waals surface area contributed by atoms with Crippen molar-refractivity contribution < 1.29 is 13.2 Å². The second-order valence-electron chi connectivity index (χ2n) is 4.45. The molecule has 1 N–H and O–H groups in total. The van der Waals surface area contributed by atoms with E-state index in [9.17, 15) is 13.2 Å². The number of hydrogen-bond donors (Lipinski definition) is 1. The fraction of sp³-hybridized carbons (Fsp3) is 0.538. The third kappa shape index (κ3) is 5.44. The van der Waals surface area contributed by atoms with Gasteiger partial charge in [-0.1, -0.05) is 38.8 Å². The molecule has 0 saturated heterocycles. The number of hydrogen-bond acceptors (Lipinski definition) is 1. The van der Waals surface area contributed by atoms with Crippen LogP contribution in [0, 0.1) is 6.92 Å². The molecule has 6 heteroatoms. The highest BCUT2D eigenvalue weighted by Crippen LogP contribution is 2.35. The minimum atomic E-state index is -4.19. The Bertz CT molecular complexity index is 433. The Kier molecular flexibility index (Phi) is 6.33. The van der Waals surface area contributed by atoms with Gasteiger partial charge in [0.15, 0.2) is 0 Å². The number of alkyl halides is 3. The number of benzene rings is 1. The molecule has 0 aromatic heterocycles. The minimum Gasteiger partial charge on any atom is -0.310 e. The van der Waals surface area contributed by atoms with Crippen LogP contribution >= 0.6 is 31.9 Å². The average Bonchev–Trinajstić information content (AvgIpc) is 2.28. The summed E-state index contributed by atoms with van der Waals surface area (Å²) in [7, 11) is 0. The van der Waals surface area contributed by atoms with E-state index in [4.69, 9.17) is 0 Å². The van der Waals surface area contributed by atoms with Gasteiger partial charge >= 0.3 is 6.18 Å². The molecule has 1 rings (SSSR count). The molecule has 0 saturated carbocycles. The van der Waals surface area contributed by atoms with Crippen LogP contribution in [0.25, 0.3) is 0 Å². The first-order chi connectivity index (χ1) is 8.74. The summed E-state index contributed by atoms with van der Waals surface area (Å²) in [6.45, 7) is 4.38. The van der Waals surface area contributed by atoms with E-state index in [0.29, 0.717) is 16.6 Å². The molecule has 1 nitrogen and oxygen atoms in total. The van der Waals surface area contributed by atoms with Crippen molar-refractivity contribution in [2.45, 2.75) is 38.9 Å². The van der Waals surface area contributed by atoms with Crippen molar-refractivity contribution in [2.75, 3.05) is 6.54 Å². The molecule has 1 aromatic rings. The number of nitrogens with one attached hydrogen (secondary N) is 1. The fourth-order valence-electron chi connectivity index (χ4n) is 1.77. The van der Waals surface area contributed by atoms with Gasteiger partial charge in [-0.2, -0.15) is 13.2 Å². The molecule has 0 fully saturated rings. The zero-order valence-corrected chi connectivity index (χ0v) is 13.9. The van der Waals surface area contributed by atoms with Crippen molar-refractivity contribution in [1.29, 1.82) is 0 Å². The molecular weight excluding hydrogens is 387 g/mol. The molecule has 1 aromatic carbocycles. The molecule has 0 aliphatic rings. The summed E-state index contributed by atoms with van der Waals surface area (Å²) < 4.78 is 39.5. The standard InChI is InChI=1S/C13H16Br2F3N/c1-3-4-19-12(7-13(16,17)18)9-6-10(14)8(2)5-11(9)15/h5-6,12,19H,3-4,7H2,1-2H3. The Morgan fingerprint density at radius 1 is 1.21 bits per heavy atom. The van der Waals surface area contributed by atoms with Crippen molar-refractivity contribution in [3.63, 3.8) is 0 Å². The summed E-state index contributed by atoms with van der Waals surface area (Å²) in [4.78, 5) is 0. The third-order valence-corrected chi connectivity index (χ3v) is 4.27. The Morgan fingerprint density at radius 2 is 1.84 bits per heavy atom. The predicted molar refractivity (Wildman–Crippen MR) is 78.3 cm³/mol. The van der Waals surface area contributed by atoms with Gasteiger partial charge in [0, 0.05) is 15.0 Å². The van der Waals surface area contributed by atoms with E-state index in [2.05, 4.69) is 37.2 Å². The van der Waals surface area contributed by atoms with Gasteiger partial charge in [-0.15, -0.1) is 0 Å². The second kappa shape index (κ2) is 7.09. The van der Waals surface area contributed by atoms with Crippen molar-refractivity contribution in [1.82, 2.24) is 5.32 Å². The molecule has 1 atom stereocenters. The van der Waals surface area contributed by atoms with E-state index >= 15 is 0 Å². The number of rotatable bonds is 5. The smallest absolute Gasteiger partial charge is 0.310 e. The minimum absolute atomic E-state index is 0.554. The van der Waals surface area contributed by atoms with E-state index in [0.717, 1.165) is 16.5 Å². The second-order valence-corrected chi connectivity index (χ2v) is 6.16. The third-order valence-electron chi connectivity index (χ3n) is 2.73. The highest BCUT2D eigenvalue weighted by atomic mass is 79.9. The largest absolute Gasteiger partial charge is 0.390 e. The Labute approximate surface area is 128 Å². The van der Waals surface area contributed by atoms with E-state index in [-0.39, 0.29) is 0 Å². The summed E-state index contributed by atoms with van der Waals surface area (Å²) in [5.74, 6) is 0. The maximum atomic E-state index is 12.7. The van der Waals surface area contributed by atoms with Crippen LogP contribution in [0.3, 0.4) is 0 Å². The van der Waals surface area contributed by atoms with Gasteiger partial charge in [0.1, 0.15) is 0 Å². The normalized spacial score (nSPS) is 13.6. The molecule has 108 valence electrons. The van der Waals surface area contributed by atoms with Gasteiger partial charge in [-0.3, -0.25) is 0 Å². The predicted octanol–water partition coefficient (Wildman–Crippen LogP) is 5.51. The fourth-order valence-corrected chi connectivity index (χ4v) is 2.87. The van der Waals surface area contributed by atoms with Crippen LogP contribution in [0.4, 0.5) is 13.2 Å². The van der Waals surface area contributed by atoms with Gasteiger partial charge in [-0.05, 0) is 43.1 Å². The quantitative estimate of drug-likeness (QED) is 0.684. The highest BCUT2D eigenvalue weighted by molar-refractivity contribution is 9.11. The van der Waals surface area contributed by atoms with E-state index < -0.39 is 18.6 Å². The first kappa shape index (κ1) is 17.0. The van der Waals surface area contributed by atoms with Crippen LogP contribution in [-0.4, -0.2) is 12.7 Å². The Hall–Kier alpha value is -0.0700. The van der Waals surface area contributed by atoms with Crippen molar-refractivity contribution >= 4 is 31.9 Å². The SMILES string of the molecule is CCCNC(CC(F)(F)F)c1cc(Br)c(C)cc1Br. The van der Waals surface area contributed by atoms with Gasteiger partial charge < -0.3 is 5.32 Å². The lowest BCUT2D eigenvalue weighted by molar-refractivity contribution is -0.140. The monoisotopic (exact) mass is 401 g/mol. The van der Waals surface area contributed by atoms with Gasteiger partial charge in [0.2, 0.25) is 0 Å².